The van der Waals surface area contributed by atoms with E-state index < -0.39 is 34.9 Å². The summed E-state index contributed by atoms with van der Waals surface area (Å²) in [7, 11) is 3.57. The largest absolute Gasteiger partial charge is 0.464 e. The Hall–Kier alpha value is -5.02. The molecule has 6 bridgehead atoms. The molecule has 4 aromatic heterocycles. The predicted octanol–water partition coefficient (Wildman–Crippen LogP) is 7.78. The molecule has 14 heteroatoms. The van der Waals surface area contributed by atoms with Crippen LogP contribution in [0.15, 0.2) is 66.3 Å². The number of hydrazine groups is 1. The van der Waals surface area contributed by atoms with E-state index in [1.54, 1.807) is 18.0 Å². The van der Waals surface area contributed by atoms with Crippen molar-refractivity contribution in [2.45, 2.75) is 91.5 Å². The van der Waals surface area contributed by atoms with Crippen molar-refractivity contribution in [1.29, 1.82) is 0 Å². The van der Waals surface area contributed by atoms with E-state index in [4.69, 9.17) is 24.2 Å². The number of methoxy groups -OCH3 is 1. The SMILES string of the molecule is C=C1C(C(=O)[C@@H]2[C@@H](C)[C@H]2c2ccn(C)n2)[C@@]12C(=O)N1CCC[C@H](N1)C(=O)OCC(C)(C)Cc1c(-c3cccnc3[C@H](C)OC)n(CC)c3ccc(cc13)-c1csc(n1)[C@H]2OCC. The average Bonchev–Trinajstić information content (AvgIpc) is 3.76. The highest BCUT2D eigenvalue weighted by molar-refractivity contribution is 7.10. The van der Waals surface area contributed by atoms with Gasteiger partial charge >= 0.3 is 5.97 Å². The maximum Gasteiger partial charge on any atom is 0.324 e. The predicted molar refractivity (Wildman–Crippen MR) is 237 cm³/mol. The van der Waals surface area contributed by atoms with Gasteiger partial charge in [0, 0.05) is 90.9 Å². The molecule has 1 N–H and O–H groups in total. The Bertz CT molecular complexity index is 2590. The summed E-state index contributed by atoms with van der Waals surface area (Å²) in [5.74, 6) is -1.90. The number of hydrogen-bond donors (Lipinski definition) is 1. The molecule has 326 valence electrons. The van der Waals surface area contributed by atoms with Crippen LogP contribution in [0.4, 0.5) is 0 Å². The van der Waals surface area contributed by atoms with Crippen LogP contribution in [-0.4, -0.2) is 79.9 Å². The molecule has 0 radical (unpaired) electrons. The Balaban J connectivity index is 1.19. The van der Waals surface area contributed by atoms with Crippen molar-refractivity contribution in [3.8, 4) is 22.5 Å². The van der Waals surface area contributed by atoms with Crippen LogP contribution >= 0.6 is 11.3 Å². The van der Waals surface area contributed by atoms with E-state index in [1.807, 2.05) is 44.6 Å². The standard InChI is InChI=1S/C48H57N7O6S/c1-10-54-36-17-16-29-22-31(36)32(41(54)30-14-12-19-49-40(30)28(5)59-9)23-47(6,7)25-61-45(57)34-15-13-20-55(52-34)46(58)48(43(60-11-2)44-50-35(29)24-62-44)27(4)39(48)42(56)38-26(3)37(38)33-18-21-53(8)51-33/h12,14,16-19,21-22,24,26,28,34,37-39,43,52H,4,10-11,13,15,20,23,25H2,1-3,5-9H3/t26-,28-,34-,37-,38+,39?,43+,48-/m0/s1. The van der Waals surface area contributed by atoms with Crippen molar-refractivity contribution in [2.75, 3.05) is 26.9 Å². The fourth-order valence-corrected chi connectivity index (χ4v) is 11.4. The number of rotatable bonds is 9. The van der Waals surface area contributed by atoms with E-state index in [9.17, 15) is 9.59 Å². The van der Waals surface area contributed by atoms with Gasteiger partial charge in [-0.2, -0.15) is 5.10 Å². The Morgan fingerprint density at radius 3 is 2.71 bits per heavy atom. The molecule has 1 spiro atoms. The van der Waals surface area contributed by atoms with Gasteiger partial charge in [-0.25, -0.2) is 10.4 Å². The van der Waals surface area contributed by atoms with E-state index in [-0.39, 0.29) is 48.8 Å². The molecule has 1 aromatic carbocycles. The van der Waals surface area contributed by atoms with E-state index in [2.05, 4.69) is 73.6 Å². The molecule has 5 aromatic rings. The van der Waals surface area contributed by atoms with Gasteiger partial charge in [0.25, 0.3) is 5.91 Å². The molecular weight excluding hydrogens is 803 g/mol. The number of ether oxygens (including phenoxy) is 3. The number of ketones is 1. The fraction of sp³-hybridized carbons (Fsp3) is 0.500. The lowest BCUT2D eigenvalue weighted by Crippen LogP contribution is -2.58. The van der Waals surface area contributed by atoms with Crippen molar-refractivity contribution in [3.63, 3.8) is 0 Å². The van der Waals surface area contributed by atoms with Gasteiger partial charge in [-0.15, -0.1) is 11.3 Å². The number of benzene rings is 1. The maximum absolute atomic E-state index is 15.3. The number of Topliss-reactive ketones (excluding diaryl/α,β-unsaturated/α-hetero) is 1. The van der Waals surface area contributed by atoms with Gasteiger partial charge in [-0.1, -0.05) is 33.4 Å². The highest BCUT2D eigenvalue weighted by Crippen LogP contribution is 2.70. The molecule has 2 saturated carbocycles. The Morgan fingerprint density at radius 1 is 1.18 bits per heavy atom. The van der Waals surface area contributed by atoms with Crippen LogP contribution in [0.25, 0.3) is 33.4 Å². The van der Waals surface area contributed by atoms with Crippen molar-refractivity contribution < 1.29 is 28.6 Å². The summed E-state index contributed by atoms with van der Waals surface area (Å²) in [6.45, 7) is 18.3. The van der Waals surface area contributed by atoms with E-state index >= 15 is 4.79 Å². The van der Waals surface area contributed by atoms with E-state index in [0.717, 1.165) is 50.4 Å². The third-order valence-electron chi connectivity index (χ3n) is 13.8. The first kappa shape index (κ1) is 42.3. The van der Waals surface area contributed by atoms with Crippen LogP contribution < -0.4 is 5.43 Å². The number of pyridine rings is 1. The van der Waals surface area contributed by atoms with Gasteiger partial charge < -0.3 is 18.8 Å². The van der Waals surface area contributed by atoms with Gasteiger partial charge in [-0.3, -0.25) is 29.1 Å². The third-order valence-corrected chi connectivity index (χ3v) is 14.6. The highest BCUT2D eigenvalue weighted by atomic mass is 32.1. The van der Waals surface area contributed by atoms with Gasteiger partial charge in [0.2, 0.25) is 0 Å². The fourth-order valence-electron chi connectivity index (χ4n) is 10.4. The first-order chi connectivity index (χ1) is 29.7. The molecule has 1 amide bonds. The normalized spacial score (nSPS) is 27.6. The van der Waals surface area contributed by atoms with Crippen molar-refractivity contribution in [2.24, 2.45) is 35.6 Å². The summed E-state index contributed by atoms with van der Waals surface area (Å²) < 4.78 is 22.7. The van der Waals surface area contributed by atoms with Crippen LogP contribution in [-0.2, 0) is 48.6 Å². The second-order valence-corrected chi connectivity index (χ2v) is 19.2. The van der Waals surface area contributed by atoms with Gasteiger partial charge in [0.05, 0.1) is 41.4 Å². The Morgan fingerprint density at radius 2 is 1.98 bits per heavy atom. The molecule has 1 unspecified atom stereocenters. The van der Waals surface area contributed by atoms with Crippen molar-refractivity contribution in [1.82, 2.24) is 34.8 Å². The third kappa shape index (κ3) is 6.85. The number of aromatic nitrogens is 5. The number of carbonyl (C=O) groups is 3. The summed E-state index contributed by atoms with van der Waals surface area (Å²) in [6.07, 6.45) is 4.21. The van der Waals surface area contributed by atoms with E-state index in [0.29, 0.717) is 42.9 Å². The summed E-state index contributed by atoms with van der Waals surface area (Å²) >= 11 is 1.42. The molecular formula is C48H57N7O6S. The summed E-state index contributed by atoms with van der Waals surface area (Å²) in [5.41, 5.74) is 9.43. The minimum atomic E-state index is -1.43. The quantitative estimate of drug-likeness (QED) is 0.115. The number of carbonyl (C=O) groups excluding carboxylic acids is 3. The van der Waals surface area contributed by atoms with Gasteiger partial charge in [0.15, 0.2) is 0 Å². The molecule has 3 fully saturated rings. The number of fused-ring (bicyclic) bond motifs is 6. The van der Waals surface area contributed by atoms with Crippen LogP contribution in [0, 0.1) is 28.6 Å². The van der Waals surface area contributed by atoms with Crippen LogP contribution in [0.2, 0.25) is 0 Å². The first-order valence-corrected chi connectivity index (χ1v) is 22.8. The monoisotopic (exact) mass is 859 g/mol. The Kier molecular flexibility index (Phi) is 10.9. The molecule has 62 heavy (non-hydrogen) atoms. The average molecular weight is 860 g/mol. The number of hydrogen-bond acceptors (Lipinski definition) is 11. The highest BCUT2D eigenvalue weighted by Gasteiger charge is 2.76. The molecule has 1 saturated heterocycles. The number of nitrogens with one attached hydrogen (secondary N) is 1. The maximum atomic E-state index is 15.3. The number of cyclic esters (lactones) is 1. The molecule has 4 aliphatic rings. The van der Waals surface area contributed by atoms with Gasteiger partial charge in [0.1, 0.15) is 28.4 Å². The molecule has 2 aliphatic carbocycles. The minimum Gasteiger partial charge on any atom is -0.464 e. The second-order valence-electron chi connectivity index (χ2n) is 18.3. The van der Waals surface area contributed by atoms with Gasteiger partial charge in [-0.05, 0) is 87.4 Å². The number of thiazole rings is 1. The van der Waals surface area contributed by atoms with E-state index in [1.165, 1.54) is 16.3 Å². The van der Waals surface area contributed by atoms with Crippen molar-refractivity contribution >= 4 is 39.9 Å². The zero-order valence-corrected chi connectivity index (χ0v) is 37.8. The minimum absolute atomic E-state index is 0.0313. The molecule has 9 rings (SSSR count). The molecule has 8 atom stereocenters. The zero-order chi connectivity index (χ0) is 43.8. The summed E-state index contributed by atoms with van der Waals surface area (Å²) in [5, 5.41) is 9.82. The van der Waals surface area contributed by atoms with Crippen molar-refractivity contribution in [3.05, 3.63) is 88.3 Å². The smallest absolute Gasteiger partial charge is 0.324 e. The molecule has 2 aliphatic heterocycles. The summed E-state index contributed by atoms with van der Waals surface area (Å²) in [4.78, 5) is 54.3. The lowest BCUT2D eigenvalue weighted by atomic mass is 9.84. The number of aryl methyl sites for hydroxylation is 2. The van der Waals surface area contributed by atoms with Crippen LogP contribution in [0.3, 0.4) is 0 Å². The zero-order valence-electron chi connectivity index (χ0n) is 36.9. The molecule has 6 heterocycles. The molecule has 13 nitrogen and oxygen atoms in total. The van der Waals surface area contributed by atoms with Crippen LogP contribution in [0.5, 0.6) is 0 Å². The summed E-state index contributed by atoms with van der Waals surface area (Å²) in [6, 6.07) is 11.7. The Labute approximate surface area is 366 Å². The first-order valence-electron chi connectivity index (χ1n) is 21.9. The second kappa shape index (κ2) is 16.0. The van der Waals surface area contributed by atoms with Crippen LogP contribution in [0.1, 0.15) is 94.5 Å². The topological polar surface area (TPSA) is 143 Å². The number of esters is 1. The number of nitrogens with zero attached hydrogens (tertiary/aromatic N) is 6. The number of amides is 1. The lowest BCUT2D eigenvalue weighted by Gasteiger charge is -2.37. The lowest BCUT2D eigenvalue weighted by molar-refractivity contribution is -0.159.